The molecule has 1 heterocycles. The molecule has 6 nitrogen and oxygen atoms in total. The van der Waals surface area contributed by atoms with Crippen LogP contribution in [-0.4, -0.2) is 25.1 Å². The first-order valence-electron chi connectivity index (χ1n) is 9.34. The van der Waals surface area contributed by atoms with Crippen molar-refractivity contribution < 1.29 is 9.66 Å². The van der Waals surface area contributed by atoms with Gasteiger partial charge in [0.15, 0.2) is 5.75 Å². The largest absolute Gasteiger partial charge is 0.490 e. The fourth-order valence-electron chi connectivity index (χ4n) is 3.80. The highest BCUT2D eigenvalue weighted by molar-refractivity contribution is 6.30. The van der Waals surface area contributed by atoms with E-state index in [4.69, 9.17) is 27.9 Å². The van der Waals surface area contributed by atoms with Gasteiger partial charge in [-0.3, -0.25) is 10.1 Å². The fraction of sp³-hybridized carbons (Fsp3) is 0.182. The fourth-order valence-corrected chi connectivity index (χ4v) is 4.06. The van der Waals surface area contributed by atoms with Crippen LogP contribution in [0.2, 0.25) is 10.0 Å². The predicted molar refractivity (Wildman–Crippen MR) is 120 cm³/mol. The van der Waals surface area contributed by atoms with Crippen molar-refractivity contribution in [2.75, 3.05) is 30.0 Å². The summed E-state index contributed by atoms with van der Waals surface area (Å²) >= 11 is 12.1. The van der Waals surface area contributed by atoms with Crippen LogP contribution in [0.5, 0.6) is 5.75 Å². The van der Waals surface area contributed by atoms with Crippen molar-refractivity contribution >= 4 is 40.3 Å². The van der Waals surface area contributed by atoms with Crippen molar-refractivity contribution in [2.24, 2.45) is 0 Å². The van der Waals surface area contributed by atoms with Gasteiger partial charge in [-0.1, -0.05) is 29.3 Å². The zero-order valence-electron chi connectivity index (χ0n) is 16.2. The average molecular weight is 444 g/mol. The van der Waals surface area contributed by atoms with Crippen LogP contribution in [-0.2, 0) is 0 Å². The molecule has 1 aliphatic heterocycles. The number of hydrogen-bond donors (Lipinski definition) is 0. The van der Waals surface area contributed by atoms with Crippen molar-refractivity contribution in [1.29, 1.82) is 0 Å². The van der Waals surface area contributed by atoms with E-state index >= 15 is 0 Å². The van der Waals surface area contributed by atoms with Gasteiger partial charge in [0.05, 0.1) is 12.0 Å². The Morgan fingerprint density at radius 2 is 1.40 bits per heavy atom. The van der Waals surface area contributed by atoms with E-state index in [9.17, 15) is 10.1 Å². The molecule has 0 unspecified atom stereocenters. The second-order valence-electron chi connectivity index (χ2n) is 6.90. The van der Waals surface area contributed by atoms with E-state index in [2.05, 4.69) is 9.80 Å². The van der Waals surface area contributed by atoms with Gasteiger partial charge in [0.1, 0.15) is 6.17 Å². The van der Waals surface area contributed by atoms with Gasteiger partial charge in [-0.2, -0.15) is 0 Å². The minimum Gasteiger partial charge on any atom is -0.490 e. The summed E-state index contributed by atoms with van der Waals surface area (Å²) in [6, 6.07) is 20.3. The lowest BCUT2D eigenvalue weighted by Gasteiger charge is -2.33. The van der Waals surface area contributed by atoms with Crippen LogP contribution < -0.4 is 14.5 Å². The molecule has 3 aromatic rings. The van der Waals surface area contributed by atoms with Crippen molar-refractivity contribution in [3.8, 4) is 5.75 Å². The quantitative estimate of drug-likeness (QED) is 0.360. The highest BCUT2D eigenvalue weighted by Crippen LogP contribution is 2.40. The number of rotatable bonds is 5. The number of ether oxygens (including phenoxy) is 1. The van der Waals surface area contributed by atoms with Crippen molar-refractivity contribution in [1.82, 2.24) is 0 Å². The summed E-state index contributed by atoms with van der Waals surface area (Å²) in [4.78, 5) is 15.6. The summed E-state index contributed by atoms with van der Waals surface area (Å²) in [6.45, 7) is 1.49. The molecule has 1 saturated heterocycles. The molecule has 1 aliphatic rings. The highest BCUT2D eigenvalue weighted by Gasteiger charge is 2.35. The van der Waals surface area contributed by atoms with Crippen LogP contribution >= 0.6 is 23.2 Å². The molecule has 0 saturated carbocycles. The van der Waals surface area contributed by atoms with E-state index in [1.165, 1.54) is 7.11 Å². The van der Waals surface area contributed by atoms with Gasteiger partial charge in [-0.15, -0.1) is 0 Å². The molecule has 0 aromatic heterocycles. The number of anilines is 2. The molecule has 0 bridgehead atoms. The molecule has 0 spiro atoms. The Bertz CT molecular complexity index is 1000. The minimum absolute atomic E-state index is 0.0611. The van der Waals surface area contributed by atoms with Crippen molar-refractivity contribution in [2.45, 2.75) is 6.17 Å². The third kappa shape index (κ3) is 3.88. The Hall–Kier alpha value is -2.96. The Morgan fingerprint density at radius 1 is 0.900 bits per heavy atom. The van der Waals surface area contributed by atoms with Gasteiger partial charge in [0.2, 0.25) is 0 Å². The van der Waals surface area contributed by atoms with Gasteiger partial charge in [0.25, 0.3) is 0 Å². The molecule has 0 amide bonds. The molecular weight excluding hydrogens is 425 g/mol. The number of methoxy groups -OCH3 is 1. The first-order chi connectivity index (χ1) is 14.5. The van der Waals surface area contributed by atoms with E-state index in [1.807, 2.05) is 54.6 Å². The minimum atomic E-state index is -0.420. The lowest BCUT2D eigenvalue weighted by Crippen LogP contribution is -2.31. The third-order valence-electron chi connectivity index (χ3n) is 5.19. The molecule has 4 rings (SSSR count). The monoisotopic (exact) mass is 443 g/mol. The van der Waals surface area contributed by atoms with Crippen LogP contribution in [0.25, 0.3) is 0 Å². The Labute approximate surface area is 184 Å². The van der Waals surface area contributed by atoms with Crippen LogP contribution in [0.3, 0.4) is 0 Å². The van der Waals surface area contributed by atoms with Crippen LogP contribution in [0, 0.1) is 10.1 Å². The van der Waals surface area contributed by atoms with Gasteiger partial charge < -0.3 is 14.5 Å². The molecule has 0 aliphatic carbocycles. The third-order valence-corrected chi connectivity index (χ3v) is 5.69. The molecule has 1 fully saturated rings. The van der Waals surface area contributed by atoms with E-state index in [0.717, 1.165) is 30.0 Å². The number of nitro benzene ring substituents is 1. The van der Waals surface area contributed by atoms with E-state index in [-0.39, 0.29) is 17.6 Å². The summed E-state index contributed by atoms with van der Waals surface area (Å²) < 4.78 is 5.18. The Kier molecular flexibility index (Phi) is 5.70. The van der Waals surface area contributed by atoms with Gasteiger partial charge >= 0.3 is 5.69 Å². The standard InChI is InChI=1S/C22H19Cl2N3O3/c1-30-21-11-2-15(14-20(21)27(28)29)22-25(18-7-3-16(23)4-8-18)12-13-26(22)19-9-5-17(24)6-10-19/h2-11,14,22H,12-13H2,1H3. The Morgan fingerprint density at radius 3 is 1.83 bits per heavy atom. The van der Waals surface area contributed by atoms with Crippen LogP contribution in [0.15, 0.2) is 66.7 Å². The topological polar surface area (TPSA) is 58.8 Å². The molecular formula is C22H19Cl2N3O3. The molecule has 0 radical (unpaired) electrons. The summed E-state index contributed by atoms with van der Waals surface area (Å²) in [6.07, 6.45) is -0.239. The van der Waals surface area contributed by atoms with Crippen molar-refractivity contribution in [3.05, 3.63) is 92.5 Å². The van der Waals surface area contributed by atoms with Crippen molar-refractivity contribution in [3.63, 3.8) is 0 Å². The van der Waals surface area contributed by atoms with Gasteiger partial charge in [0, 0.05) is 46.1 Å². The van der Waals surface area contributed by atoms with Crippen LogP contribution in [0.4, 0.5) is 17.1 Å². The normalized spacial score (nSPS) is 14.2. The number of nitro groups is 1. The second-order valence-corrected chi connectivity index (χ2v) is 7.77. The summed E-state index contributed by atoms with van der Waals surface area (Å²) in [5.41, 5.74) is 2.71. The first-order valence-corrected chi connectivity index (χ1v) is 10.1. The maximum Gasteiger partial charge on any atom is 0.311 e. The first kappa shape index (κ1) is 20.3. The van der Waals surface area contributed by atoms with E-state index in [1.54, 1.807) is 12.1 Å². The summed E-state index contributed by atoms with van der Waals surface area (Å²) in [5, 5.41) is 12.9. The predicted octanol–water partition coefficient (Wildman–Crippen LogP) is 5.94. The second kappa shape index (κ2) is 8.42. The molecule has 30 heavy (non-hydrogen) atoms. The maximum atomic E-state index is 11.6. The Balaban J connectivity index is 1.81. The molecule has 8 heteroatoms. The molecule has 154 valence electrons. The number of hydrogen-bond acceptors (Lipinski definition) is 5. The zero-order chi connectivity index (χ0) is 21.3. The zero-order valence-corrected chi connectivity index (χ0v) is 17.7. The maximum absolute atomic E-state index is 11.6. The highest BCUT2D eigenvalue weighted by atomic mass is 35.5. The van der Waals surface area contributed by atoms with Gasteiger partial charge in [-0.25, -0.2) is 0 Å². The molecule has 3 aromatic carbocycles. The summed E-state index contributed by atoms with van der Waals surface area (Å²) in [5.74, 6) is 0.234. The lowest BCUT2D eigenvalue weighted by molar-refractivity contribution is -0.385. The number of halogens is 2. The van der Waals surface area contributed by atoms with E-state index < -0.39 is 4.92 Å². The SMILES string of the molecule is COc1ccc(C2N(c3ccc(Cl)cc3)CCN2c2ccc(Cl)cc2)cc1[N+](=O)[O-]. The average Bonchev–Trinajstić information content (AvgIpc) is 3.19. The number of benzene rings is 3. The van der Waals surface area contributed by atoms with Gasteiger partial charge in [-0.05, 0) is 54.6 Å². The summed E-state index contributed by atoms with van der Waals surface area (Å²) in [7, 11) is 1.43. The van der Waals surface area contributed by atoms with E-state index in [0.29, 0.717) is 10.0 Å². The smallest absolute Gasteiger partial charge is 0.311 e. The number of nitrogens with zero attached hydrogens (tertiary/aromatic N) is 3. The lowest BCUT2D eigenvalue weighted by atomic mass is 10.1. The molecule has 0 atom stereocenters. The van der Waals surface area contributed by atoms with Crippen LogP contribution in [0.1, 0.15) is 11.7 Å². The molecule has 0 N–H and O–H groups in total.